The maximum absolute atomic E-state index is 13.6. The highest BCUT2D eigenvalue weighted by molar-refractivity contribution is 6.31. The molecule has 2 aromatic carbocycles. The summed E-state index contributed by atoms with van der Waals surface area (Å²) in [5, 5.41) is 6.03. The van der Waals surface area contributed by atoms with Gasteiger partial charge >= 0.3 is 0 Å². The third-order valence-electron chi connectivity index (χ3n) is 4.61. The molecule has 2 aromatic rings. The molecule has 27 heavy (non-hydrogen) atoms. The first-order valence-corrected chi connectivity index (χ1v) is 8.94. The van der Waals surface area contributed by atoms with E-state index in [0.717, 1.165) is 5.56 Å². The number of nitrogens with one attached hydrogen (secondary N) is 2. The molecule has 3 rings (SSSR count). The molecular weight excluding hydrogens is 371 g/mol. The van der Waals surface area contributed by atoms with Crippen LogP contribution in [0.3, 0.4) is 0 Å². The Bertz CT molecular complexity index is 888. The number of hydrogen-bond donors (Lipinski definition) is 2. The SMILES string of the molecule is COc1cc(Cl)c(C)cc1NC(=O)C1CC1C(=O)NCc1ccccc1F. The van der Waals surface area contributed by atoms with Crippen LogP contribution >= 0.6 is 11.6 Å². The van der Waals surface area contributed by atoms with Gasteiger partial charge in [0.05, 0.1) is 24.6 Å². The van der Waals surface area contributed by atoms with Gasteiger partial charge in [0.1, 0.15) is 11.6 Å². The van der Waals surface area contributed by atoms with Gasteiger partial charge in [0, 0.05) is 23.2 Å². The molecule has 0 bridgehead atoms. The summed E-state index contributed by atoms with van der Waals surface area (Å²) in [6, 6.07) is 9.62. The number of anilines is 1. The van der Waals surface area contributed by atoms with Crippen LogP contribution in [0.5, 0.6) is 5.75 Å². The van der Waals surface area contributed by atoms with Crippen LogP contribution in [0.4, 0.5) is 10.1 Å². The molecule has 1 fully saturated rings. The van der Waals surface area contributed by atoms with Gasteiger partial charge in [-0.05, 0) is 31.0 Å². The smallest absolute Gasteiger partial charge is 0.228 e. The third-order valence-corrected chi connectivity index (χ3v) is 5.02. The molecule has 2 amide bonds. The van der Waals surface area contributed by atoms with Crippen LogP contribution in [0.15, 0.2) is 36.4 Å². The highest BCUT2D eigenvalue weighted by Gasteiger charge is 2.48. The Hall–Kier alpha value is -2.60. The lowest BCUT2D eigenvalue weighted by molar-refractivity contribution is -0.125. The largest absolute Gasteiger partial charge is 0.495 e. The van der Waals surface area contributed by atoms with Crippen LogP contribution < -0.4 is 15.4 Å². The van der Waals surface area contributed by atoms with Crippen LogP contribution in [0, 0.1) is 24.6 Å². The van der Waals surface area contributed by atoms with E-state index >= 15 is 0 Å². The number of rotatable bonds is 6. The van der Waals surface area contributed by atoms with Crippen molar-refractivity contribution in [1.82, 2.24) is 5.32 Å². The summed E-state index contributed by atoms with van der Waals surface area (Å²) in [5.41, 5.74) is 1.73. The van der Waals surface area contributed by atoms with E-state index in [1.165, 1.54) is 13.2 Å². The van der Waals surface area contributed by atoms with E-state index in [0.29, 0.717) is 28.4 Å². The van der Waals surface area contributed by atoms with E-state index in [-0.39, 0.29) is 24.2 Å². The molecule has 2 atom stereocenters. The molecule has 7 heteroatoms. The van der Waals surface area contributed by atoms with Gasteiger partial charge < -0.3 is 15.4 Å². The van der Waals surface area contributed by atoms with Gasteiger partial charge in [-0.15, -0.1) is 0 Å². The zero-order chi connectivity index (χ0) is 19.6. The number of benzene rings is 2. The van der Waals surface area contributed by atoms with Gasteiger partial charge in [-0.2, -0.15) is 0 Å². The van der Waals surface area contributed by atoms with Gasteiger partial charge in [0.2, 0.25) is 11.8 Å². The Kier molecular flexibility index (Phi) is 5.65. The Labute approximate surface area is 161 Å². The Morgan fingerprint density at radius 1 is 1.22 bits per heavy atom. The monoisotopic (exact) mass is 390 g/mol. The fourth-order valence-electron chi connectivity index (χ4n) is 2.88. The fourth-order valence-corrected chi connectivity index (χ4v) is 3.04. The lowest BCUT2D eigenvalue weighted by Crippen LogP contribution is -2.27. The average molecular weight is 391 g/mol. The molecule has 0 spiro atoms. The molecular formula is C20H20ClFN2O3. The van der Waals surface area contributed by atoms with E-state index in [4.69, 9.17) is 16.3 Å². The van der Waals surface area contributed by atoms with Crippen molar-refractivity contribution in [3.05, 3.63) is 58.4 Å². The molecule has 0 heterocycles. The van der Waals surface area contributed by atoms with Gasteiger partial charge in [0.25, 0.3) is 0 Å². The standard InChI is InChI=1S/C20H20ClFN2O3/c1-11-7-17(18(27-2)9-15(11)21)24-20(26)14-8-13(14)19(25)23-10-12-5-3-4-6-16(12)22/h3-7,9,13-14H,8,10H2,1-2H3,(H,23,25)(H,24,26). The van der Waals surface area contributed by atoms with Crippen molar-refractivity contribution in [2.45, 2.75) is 19.9 Å². The summed E-state index contributed by atoms with van der Waals surface area (Å²) in [6.45, 7) is 1.92. The van der Waals surface area contributed by atoms with Gasteiger partial charge in [0.15, 0.2) is 0 Å². The summed E-state index contributed by atoms with van der Waals surface area (Å²) in [7, 11) is 1.49. The van der Waals surface area contributed by atoms with E-state index in [2.05, 4.69) is 10.6 Å². The first kappa shape index (κ1) is 19.2. The van der Waals surface area contributed by atoms with E-state index in [1.807, 2.05) is 6.92 Å². The highest BCUT2D eigenvalue weighted by Crippen LogP contribution is 2.40. The summed E-state index contributed by atoms with van der Waals surface area (Å²) in [5.74, 6) is -1.23. The summed E-state index contributed by atoms with van der Waals surface area (Å²) < 4.78 is 18.8. The zero-order valence-corrected chi connectivity index (χ0v) is 15.8. The highest BCUT2D eigenvalue weighted by atomic mass is 35.5. The zero-order valence-electron chi connectivity index (χ0n) is 15.0. The minimum absolute atomic E-state index is 0.0978. The summed E-state index contributed by atoms with van der Waals surface area (Å²) >= 11 is 6.06. The Morgan fingerprint density at radius 2 is 1.93 bits per heavy atom. The predicted octanol–water partition coefficient (Wildman–Crippen LogP) is 3.69. The molecule has 5 nitrogen and oxygen atoms in total. The predicted molar refractivity (Wildman–Crippen MR) is 101 cm³/mol. The minimum atomic E-state index is -0.411. The first-order chi connectivity index (χ1) is 12.9. The molecule has 1 saturated carbocycles. The number of carbonyl (C=O) groups is 2. The molecule has 0 aliphatic heterocycles. The maximum atomic E-state index is 13.6. The number of ether oxygens (including phenoxy) is 1. The van der Waals surface area contributed by atoms with Crippen LogP contribution in [-0.4, -0.2) is 18.9 Å². The van der Waals surface area contributed by atoms with Crippen molar-refractivity contribution in [2.24, 2.45) is 11.8 Å². The number of carbonyl (C=O) groups excluding carboxylic acids is 2. The number of hydrogen-bond acceptors (Lipinski definition) is 3. The topological polar surface area (TPSA) is 67.4 Å². The van der Waals surface area contributed by atoms with Gasteiger partial charge in [-0.3, -0.25) is 9.59 Å². The number of aryl methyl sites for hydroxylation is 1. The molecule has 0 aromatic heterocycles. The minimum Gasteiger partial charge on any atom is -0.495 e. The second kappa shape index (κ2) is 7.96. The lowest BCUT2D eigenvalue weighted by Gasteiger charge is -2.12. The maximum Gasteiger partial charge on any atom is 0.228 e. The second-order valence-corrected chi connectivity index (χ2v) is 6.96. The number of amides is 2. The van der Waals surface area contributed by atoms with Crippen molar-refractivity contribution >= 4 is 29.1 Å². The number of halogens is 2. The summed E-state index contributed by atoms with van der Waals surface area (Å²) in [6.07, 6.45) is 0.462. The van der Waals surface area contributed by atoms with Crippen LogP contribution in [0.1, 0.15) is 17.5 Å². The first-order valence-electron chi connectivity index (χ1n) is 8.56. The molecule has 142 valence electrons. The Morgan fingerprint density at radius 3 is 2.63 bits per heavy atom. The van der Waals surface area contributed by atoms with Crippen LogP contribution in [-0.2, 0) is 16.1 Å². The van der Waals surface area contributed by atoms with Crippen molar-refractivity contribution in [2.75, 3.05) is 12.4 Å². The fraction of sp³-hybridized carbons (Fsp3) is 0.300. The quantitative estimate of drug-likeness (QED) is 0.790. The molecule has 0 radical (unpaired) electrons. The van der Waals surface area contributed by atoms with Crippen molar-refractivity contribution < 1.29 is 18.7 Å². The van der Waals surface area contributed by atoms with Crippen molar-refractivity contribution in [1.29, 1.82) is 0 Å². The number of methoxy groups -OCH3 is 1. The van der Waals surface area contributed by atoms with Gasteiger partial charge in [-0.1, -0.05) is 29.8 Å². The van der Waals surface area contributed by atoms with Crippen molar-refractivity contribution in [3.63, 3.8) is 0 Å². The Balaban J connectivity index is 1.57. The molecule has 0 saturated heterocycles. The normalized spacial score (nSPS) is 17.9. The van der Waals surface area contributed by atoms with Crippen LogP contribution in [0.25, 0.3) is 0 Å². The van der Waals surface area contributed by atoms with E-state index in [1.54, 1.807) is 30.3 Å². The average Bonchev–Trinajstić information content (AvgIpc) is 3.44. The van der Waals surface area contributed by atoms with Gasteiger partial charge in [-0.25, -0.2) is 4.39 Å². The van der Waals surface area contributed by atoms with Crippen molar-refractivity contribution in [3.8, 4) is 5.75 Å². The molecule has 1 aliphatic rings. The molecule has 2 N–H and O–H groups in total. The second-order valence-electron chi connectivity index (χ2n) is 6.55. The molecule has 1 aliphatic carbocycles. The van der Waals surface area contributed by atoms with E-state index < -0.39 is 11.8 Å². The van der Waals surface area contributed by atoms with E-state index in [9.17, 15) is 14.0 Å². The lowest BCUT2D eigenvalue weighted by atomic mass is 10.2. The third kappa shape index (κ3) is 4.39. The summed E-state index contributed by atoms with van der Waals surface area (Å²) in [4.78, 5) is 24.7. The van der Waals surface area contributed by atoms with Crippen LogP contribution in [0.2, 0.25) is 5.02 Å². The molecule has 2 unspecified atom stereocenters.